The van der Waals surface area contributed by atoms with Crippen LogP contribution in [0.1, 0.15) is 42.6 Å². The van der Waals surface area contributed by atoms with E-state index in [-0.39, 0.29) is 29.1 Å². The predicted molar refractivity (Wildman–Crippen MR) is 102 cm³/mol. The van der Waals surface area contributed by atoms with Crippen molar-refractivity contribution in [3.05, 3.63) is 65.7 Å². The van der Waals surface area contributed by atoms with E-state index in [1.807, 2.05) is 6.07 Å². The third-order valence-electron chi connectivity index (χ3n) is 4.07. The molecule has 0 unspecified atom stereocenters. The number of carboxylic acids is 1. The minimum absolute atomic E-state index is 0.0707. The number of aliphatic carboxylic acids is 1. The van der Waals surface area contributed by atoms with Gasteiger partial charge < -0.3 is 10.4 Å². The zero-order chi connectivity index (χ0) is 20.1. The van der Waals surface area contributed by atoms with Gasteiger partial charge in [0.15, 0.2) is 9.84 Å². The van der Waals surface area contributed by atoms with Crippen LogP contribution < -0.4 is 5.32 Å². The van der Waals surface area contributed by atoms with Gasteiger partial charge in [0.1, 0.15) is 0 Å². The molecule has 27 heavy (non-hydrogen) atoms. The minimum atomic E-state index is -3.59. The quantitative estimate of drug-likeness (QED) is 0.723. The van der Waals surface area contributed by atoms with Gasteiger partial charge >= 0.3 is 5.97 Å². The fourth-order valence-electron chi connectivity index (χ4n) is 2.57. The van der Waals surface area contributed by atoms with E-state index in [1.165, 1.54) is 24.3 Å². The number of benzene rings is 2. The first-order valence-electron chi connectivity index (χ1n) is 8.50. The van der Waals surface area contributed by atoms with E-state index in [2.05, 4.69) is 5.32 Å². The van der Waals surface area contributed by atoms with Crippen LogP contribution in [0.2, 0.25) is 0 Å². The highest BCUT2D eigenvalue weighted by Gasteiger charge is 2.23. The van der Waals surface area contributed by atoms with E-state index < -0.39 is 27.3 Å². The van der Waals surface area contributed by atoms with Crippen LogP contribution in [0.25, 0.3) is 0 Å². The van der Waals surface area contributed by atoms with Gasteiger partial charge in [0.25, 0.3) is 5.91 Å². The van der Waals surface area contributed by atoms with Crippen LogP contribution in [-0.2, 0) is 20.4 Å². The van der Waals surface area contributed by atoms with Crippen LogP contribution >= 0.6 is 0 Å². The van der Waals surface area contributed by atoms with Crippen molar-refractivity contribution in [3.63, 3.8) is 0 Å². The summed E-state index contributed by atoms with van der Waals surface area (Å²) in [5, 5.41) is 11.6. The summed E-state index contributed by atoms with van der Waals surface area (Å²) in [6, 6.07) is 14.7. The number of hydrogen-bond acceptors (Lipinski definition) is 4. The lowest BCUT2D eigenvalue weighted by atomic mass is 9.98. The zero-order valence-corrected chi connectivity index (χ0v) is 16.1. The van der Waals surface area contributed by atoms with Crippen LogP contribution in [-0.4, -0.2) is 30.9 Å². The first kappa shape index (κ1) is 20.6. The van der Waals surface area contributed by atoms with Gasteiger partial charge in [-0.3, -0.25) is 9.59 Å². The standard InChI is InChI=1S/C20H23NO5S/c1-20(2,12-11-18(22)23)21-19(24)16-9-6-10-17(13-16)27(25,26)14-15-7-4-3-5-8-15/h3-10,13H,11-12,14H2,1-2H3,(H,21,24)(H,22,23). The molecular weight excluding hydrogens is 366 g/mol. The Bertz CT molecular complexity index is 920. The maximum atomic E-state index is 12.6. The molecule has 0 aliphatic heterocycles. The number of nitrogens with one attached hydrogen (secondary N) is 1. The number of amides is 1. The average molecular weight is 389 g/mol. The maximum Gasteiger partial charge on any atom is 0.303 e. The molecule has 2 rings (SSSR count). The molecule has 0 saturated carbocycles. The Balaban J connectivity index is 2.16. The lowest BCUT2D eigenvalue weighted by Crippen LogP contribution is -2.43. The van der Waals surface area contributed by atoms with Crippen molar-refractivity contribution in [1.82, 2.24) is 5.32 Å². The summed E-state index contributed by atoms with van der Waals surface area (Å²) >= 11 is 0. The molecule has 2 N–H and O–H groups in total. The fourth-order valence-corrected chi connectivity index (χ4v) is 3.96. The third-order valence-corrected chi connectivity index (χ3v) is 5.76. The van der Waals surface area contributed by atoms with Crippen molar-refractivity contribution >= 4 is 21.7 Å². The summed E-state index contributed by atoms with van der Waals surface area (Å²) in [6.07, 6.45) is 0.193. The highest BCUT2D eigenvalue weighted by molar-refractivity contribution is 7.90. The fraction of sp³-hybridized carbons (Fsp3) is 0.300. The Labute approximate surface area is 159 Å². The monoisotopic (exact) mass is 389 g/mol. The first-order chi connectivity index (χ1) is 12.6. The third kappa shape index (κ3) is 6.21. The van der Waals surface area contributed by atoms with Gasteiger partial charge in [0.05, 0.1) is 10.6 Å². The second-order valence-corrected chi connectivity index (χ2v) is 8.99. The molecule has 0 saturated heterocycles. The van der Waals surface area contributed by atoms with Gasteiger partial charge in [-0.15, -0.1) is 0 Å². The van der Waals surface area contributed by atoms with Gasteiger partial charge in [-0.2, -0.15) is 0 Å². The number of carboxylic acid groups (broad SMARTS) is 1. The molecule has 0 aliphatic rings. The normalized spacial score (nSPS) is 11.8. The average Bonchev–Trinajstić information content (AvgIpc) is 2.60. The highest BCUT2D eigenvalue weighted by atomic mass is 32.2. The van der Waals surface area contributed by atoms with Gasteiger partial charge in [0, 0.05) is 17.5 Å². The molecule has 2 aromatic rings. The Morgan fingerprint density at radius 1 is 1.04 bits per heavy atom. The second kappa shape index (κ2) is 8.35. The summed E-state index contributed by atoms with van der Waals surface area (Å²) in [4.78, 5) is 23.3. The first-order valence-corrected chi connectivity index (χ1v) is 10.2. The summed E-state index contributed by atoms with van der Waals surface area (Å²) in [7, 11) is -3.59. The Morgan fingerprint density at radius 3 is 2.33 bits per heavy atom. The van der Waals surface area contributed by atoms with Crippen molar-refractivity contribution in [2.24, 2.45) is 0 Å². The molecule has 0 heterocycles. The lowest BCUT2D eigenvalue weighted by molar-refractivity contribution is -0.137. The molecule has 0 spiro atoms. The van der Waals surface area contributed by atoms with E-state index in [4.69, 9.17) is 5.11 Å². The van der Waals surface area contributed by atoms with Crippen LogP contribution in [0.4, 0.5) is 0 Å². The Kier molecular flexibility index (Phi) is 6.38. The molecule has 0 aliphatic carbocycles. The van der Waals surface area contributed by atoms with Gasteiger partial charge in [-0.1, -0.05) is 36.4 Å². The molecular formula is C20H23NO5S. The predicted octanol–water partition coefficient (Wildman–Crippen LogP) is 3.03. The molecule has 0 aromatic heterocycles. The molecule has 1 amide bonds. The molecule has 0 bridgehead atoms. The molecule has 144 valence electrons. The van der Waals surface area contributed by atoms with E-state index in [0.29, 0.717) is 5.56 Å². The molecule has 0 radical (unpaired) electrons. The smallest absolute Gasteiger partial charge is 0.303 e. The number of carbonyl (C=O) groups is 2. The van der Waals surface area contributed by atoms with E-state index in [1.54, 1.807) is 38.1 Å². The van der Waals surface area contributed by atoms with Crippen LogP contribution in [0.15, 0.2) is 59.5 Å². The molecule has 0 fully saturated rings. The second-order valence-electron chi connectivity index (χ2n) is 7.00. The highest BCUT2D eigenvalue weighted by Crippen LogP contribution is 2.19. The van der Waals surface area contributed by atoms with Gasteiger partial charge in [-0.25, -0.2) is 8.42 Å². The van der Waals surface area contributed by atoms with Crippen molar-refractivity contribution in [2.75, 3.05) is 0 Å². The number of sulfone groups is 1. The van der Waals surface area contributed by atoms with Crippen molar-refractivity contribution in [2.45, 2.75) is 42.9 Å². The summed E-state index contributed by atoms with van der Waals surface area (Å²) in [5.41, 5.74) is 0.156. The zero-order valence-electron chi connectivity index (χ0n) is 15.3. The van der Waals surface area contributed by atoms with Crippen molar-refractivity contribution in [1.29, 1.82) is 0 Å². The topological polar surface area (TPSA) is 101 Å². The van der Waals surface area contributed by atoms with E-state index in [0.717, 1.165) is 0 Å². The SMILES string of the molecule is CC(C)(CCC(=O)O)NC(=O)c1cccc(S(=O)(=O)Cc2ccccc2)c1. The maximum absolute atomic E-state index is 12.6. The van der Waals surface area contributed by atoms with Crippen molar-refractivity contribution in [3.8, 4) is 0 Å². The van der Waals surface area contributed by atoms with Crippen LogP contribution in [0.5, 0.6) is 0 Å². The van der Waals surface area contributed by atoms with Gasteiger partial charge in [-0.05, 0) is 44.0 Å². The molecule has 7 heteroatoms. The summed E-state index contributed by atoms with van der Waals surface area (Å²) < 4.78 is 25.3. The summed E-state index contributed by atoms with van der Waals surface area (Å²) in [6.45, 7) is 3.45. The minimum Gasteiger partial charge on any atom is -0.481 e. The number of rotatable bonds is 8. The Morgan fingerprint density at radius 2 is 1.70 bits per heavy atom. The summed E-state index contributed by atoms with van der Waals surface area (Å²) in [5.74, 6) is -1.53. The molecule has 0 atom stereocenters. The molecule has 6 nitrogen and oxygen atoms in total. The molecule has 2 aromatic carbocycles. The van der Waals surface area contributed by atoms with E-state index >= 15 is 0 Å². The lowest BCUT2D eigenvalue weighted by Gasteiger charge is -2.25. The van der Waals surface area contributed by atoms with E-state index in [9.17, 15) is 18.0 Å². The van der Waals surface area contributed by atoms with Gasteiger partial charge in [0.2, 0.25) is 0 Å². The number of hydrogen-bond donors (Lipinski definition) is 2. The largest absolute Gasteiger partial charge is 0.481 e. The Hall–Kier alpha value is -2.67. The van der Waals surface area contributed by atoms with Crippen LogP contribution in [0.3, 0.4) is 0 Å². The van der Waals surface area contributed by atoms with Crippen molar-refractivity contribution < 1.29 is 23.1 Å². The van der Waals surface area contributed by atoms with Crippen LogP contribution in [0, 0.1) is 0 Å². The number of carbonyl (C=O) groups excluding carboxylic acids is 1.